The molecule has 1 N–H and O–H groups in total. The number of nitrogens with zero attached hydrogens (tertiary/aromatic N) is 1. The number of hydrogen-bond donors (Lipinski definition) is 1. The zero-order valence-electron chi connectivity index (χ0n) is 8.49. The van der Waals surface area contributed by atoms with Gasteiger partial charge >= 0.3 is 5.97 Å². The van der Waals surface area contributed by atoms with Crippen molar-refractivity contribution in [2.24, 2.45) is 0 Å². The number of ether oxygens (including phenoxy) is 1. The molecule has 0 aromatic carbocycles. The molecule has 0 bridgehead atoms. The van der Waals surface area contributed by atoms with Gasteiger partial charge in [0.05, 0.1) is 13.2 Å². The van der Waals surface area contributed by atoms with Crippen molar-refractivity contribution in [1.29, 1.82) is 0 Å². The van der Waals surface area contributed by atoms with Gasteiger partial charge in [0, 0.05) is 64.0 Å². The van der Waals surface area contributed by atoms with Gasteiger partial charge < -0.3 is 9.84 Å². The Morgan fingerprint density at radius 2 is 2.31 bits per heavy atom. The molecule has 71 valence electrons. The summed E-state index contributed by atoms with van der Waals surface area (Å²) < 4.78 is 5.21. The molecule has 2 atom stereocenters. The van der Waals surface area contributed by atoms with Gasteiger partial charge in [0.25, 0.3) is 0 Å². The van der Waals surface area contributed by atoms with Crippen LogP contribution in [0.15, 0.2) is 0 Å². The molecule has 1 saturated heterocycles. The minimum Gasteiger partial charge on any atom is -0.480 e. The van der Waals surface area contributed by atoms with Crippen molar-refractivity contribution in [2.75, 3.05) is 19.8 Å². The molecule has 4 nitrogen and oxygen atoms in total. The van der Waals surface area contributed by atoms with E-state index in [-0.39, 0.29) is 57.4 Å². The van der Waals surface area contributed by atoms with Crippen LogP contribution in [0.3, 0.4) is 0 Å². The smallest absolute Gasteiger partial charge is 0.320 e. The molecule has 1 heterocycles. The number of aliphatic carboxylic acids is 1. The van der Waals surface area contributed by atoms with E-state index in [9.17, 15) is 4.79 Å². The van der Waals surface area contributed by atoms with Crippen molar-refractivity contribution in [1.82, 2.24) is 4.90 Å². The SMILES string of the molecule is CC1COCCN1C(C)C(=O)O.[K]. The number of hydrogen-bond acceptors (Lipinski definition) is 3. The average molecular weight is 212 g/mol. The quantitative estimate of drug-likeness (QED) is 0.644. The van der Waals surface area contributed by atoms with Crippen LogP contribution in [0, 0.1) is 0 Å². The molecule has 1 aliphatic heterocycles. The maximum atomic E-state index is 10.7. The Bertz CT molecular complexity index is 177. The summed E-state index contributed by atoms with van der Waals surface area (Å²) in [6.45, 7) is 5.69. The summed E-state index contributed by atoms with van der Waals surface area (Å²) in [6, 6.07) is -0.186. The Hall–Kier alpha value is 1.03. The third kappa shape index (κ3) is 3.95. The van der Waals surface area contributed by atoms with Crippen molar-refractivity contribution in [3.8, 4) is 0 Å². The van der Waals surface area contributed by atoms with Gasteiger partial charge in [-0.2, -0.15) is 0 Å². The van der Waals surface area contributed by atoms with Crippen molar-refractivity contribution in [3.63, 3.8) is 0 Å². The zero-order chi connectivity index (χ0) is 9.14. The molecule has 1 rings (SSSR count). The number of morpholine rings is 1. The van der Waals surface area contributed by atoms with Crippen molar-refractivity contribution in [3.05, 3.63) is 0 Å². The second-order valence-corrected chi connectivity index (χ2v) is 3.18. The third-order valence-corrected chi connectivity index (χ3v) is 2.27. The zero-order valence-corrected chi connectivity index (χ0v) is 11.6. The van der Waals surface area contributed by atoms with Crippen molar-refractivity contribution >= 4 is 57.4 Å². The summed E-state index contributed by atoms with van der Waals surface area (Å²) >= 11 is 0. The van der Waals surface area contributed by atoms with E-state index < -0.39 is 12.0 Å². The van der Waals surface area contributed by atoms with E-state index in [0.29, 0.717) is 19.8 Å². The monoisotopic (exact) mass is 212 g/mol. The number of rotatable bonds is 2. The summed E-state index contributed by atoms with van der Waals surface area (Å²) in [6.07, 6.45) is 0. The Balaban J connectivity index is 0.00000144. The fraction of sp³-hybridized carbons (Fsp3) is 0.875. The van der Waals surface area contributed by atoms with Crippen molar-refractivity contribution < 1.29 is 14.6 Å². The van der Waals surface area contributed by atoms with Gasteiger partial charge in [-0.15, -0.1) is 0 Å². The van der Waals surface area contributed by atoms with E-state index >= 15 is 0 Å². The first-order chi connectivity index (χ1) is 5.63. The van der Waals surface area contributed by atoms with Crippen LogP contribution in [-0.4, -0.2) is 99.2 Å². The molecule has 1 aliphatic rings. The first kappa shape index (κ1) is 14.0. The van der Waals surface area contributed by atoms with Gasteiger partial charge in [0.15, 0.2) is 0 Å². The van der Waals surface area contributed by atoms with Crippen LogP contribution in [0.5, 0.6) is 0 Å². The standard InChI is InChI=1S/C8H15NO3.K/c1-6-5-12-4-3-9(6)7(2)8(10)11;/h6-7H,3-5H2,1-2H3,(H,10,11);. The summed E-state index contributed by atoms with van der Waals surface area (Å²) in [5, 5.41) is 8.77. The fourth-order valence-electron chi connectivity index (χ4n) is 1.46. The molecule has 13 heavy (non-hydrogen) atoms. The van der Waals surface area contributed by atoms with Crippen LogP contribution in [-0.2, 0) is 9.53 Å². The maximum Gasteiger partial charge on any atom is 0.320 e. The molecule has 1 radical (unpaired) electrons. The van der Waals surface area contributed by atoms with Gasteiger partial charge in [-0.3, -0.25) is 9.69 Å². The minimum atomic E-state index is -0.760. The molecule has 1 fully saturated rings. The Morgan fingerprint density at radius 3 is 2.77 bits per heavy atom. The maximum absolute atomic E-state index is 10.7. The number of carboxylic acid groups (broad SMARTS) is 1. The predicted octanol–water partition coefficient (Wildman–Crippen LogP) is -0.201. The van der Waals surface area contributed by atoms with E-state index in [0.717, 1.165) is 0 Å². The van der Waals surface area contributed by atoms with Crippen LogP contribution < -0.4 is 0 Å². The number of carbonyl (C=O) groups is 1. The van der Waals surface area contributed by atoms with Gasteiger partial charge in [0.1, 0.15) is 6.04 Å². The molecule has 0 amide bonds. The van der Waals surface area contributed by atoms with E-state index in [1.165, 1.54) is 0 Å². The van der Waals surface area contributed by atoms with Crippen molar-refractivity contribution in [2.45, 2.75) is 25.9 Å². The van der Waals surface area contributed by atoms with Crippen LogP contribution in [0.4, 0.5) is 0 Å². The molecule has 2 unspecified atom stereocenters. The summed E-state index contributed by atoms with van der Waals surface area (Å²) in [5.41, 5.74) is 0. The average Bonchev–Trinajstić information content (AvgIpc) is 2.04. The van der Waals surface area contributed by atoms with E-state index in [1.54, 1.807) is 6.92 Å². The first-order valence-corrected chi connectivity index (χ1v) is 4.19. The van der Waals surface area contributed by atoms with Gasteiger partial charge in [0.2, 0.25) is 0 Å². The van der Waals surface area contributed by atoms with Crippen LogP contribution in [0.2, 0.25) is 0 Å². The normalized spacial score (nSPS) is 26.2. The summed E-state index contributed by atoms with van der Waals surface area (Å²) in [4.78, 5) is 12.6. The minimum absolute atomic E-state index is 0. The molecule has 0 spiro atoms. The van der Waals surface area contributed by atoms with Gasteiger partial charge in [-0.25, -0.2) is 0 Å². The predicted molar refractivity (Wildman–Crippen MR) is 49.8 cm³/mol. The Morgan fingerprint density at radius 1 is 1.69 bits per heavy atom. The van der Waals surface area contributed by atoms with Crippen LogP contribution in [0.25, 0.3) is 0 Å². The second kappa shape index (κ2) is 6.50. The molecular weight excluding hydrogens is 197 g/mol. The largest absolute Gasteiger partial charge is 0.480 e. The van der Waals surface area contributed by atoms with Gasteiger partial charge in [-0.05, 0) is 13.8 Å². The van der Waals surface area contributed by atoms with Crippen LogP contribution >= 0.6 is 0 Å². The third-order valence-electron chi connectivity index (χ3n) is 2.27. The summed E-state index contributed by atoms with van der Waals surface area (Å²) in [5.74, 6) is -0.760. The molecule has 0 aromatic rings. The first-order valence-electron chi connectivity index (χ1n) is 4.19. The fourth-order valence-corrected chi connectivity index (χ4v) is 1.46. The van der Waals surface area contributed by atoms with E-state index in [4.69, 9.17) is 9.84 Å². The topological polar surface area (TPSA) is 49.8 Å². The number of carboxylic acids is 1. The molecule has 0 aliphatic carbocycles. The molecule has 0 saturated carbocycles. The molecule has 0 aromatic heterocycles. The summed E-state index contributed by atoms with van der Waals surface area (Å²) in [7, 11) is 0. The Kier molecular flexibility index (Phi) is 7.01. The van der Waals surface area contributed by atoms with Crippen LogP contribution in [0.1, 0.15) is 13.8 Å². The molecule has 5 heteroatoms. The Labute approximate surface area is 121 Å². The molecular formula is C8H15KNO3. The van der Waals surface area contributed by atoms with Gasteiger partial charge in [-0.1, -0.05) is 0 Å². The van der Waals surface area contributed by atoms with E-state index in [1.807, 2.05) is 11.8 Å². The second-order valence-electron chi connectivity index (χ2n) is 3.18. The van der Waals surface area contributed by atoms with E-state index in [2.05, 4.69) is 0 Å².